The Balaban J connectivity index is 1.62. The quantitative estimate of drug-likeness (QED) is 0.933. The van der Waals surface area contributed by atoms with Crippen LogP contribution in [-0.4, -0.2) is 49.1 Å². The SMILES string of the molecule is COc1ccc(N2CCN(C(=O)c3ccnc(N)c3)CC2)cc1. The van der Waals surface area contributed by atoms with E-state index in [-0.39, 0.29) is 5.91 Å². The number of nitrogens with zero attached hydrogens (tertiary/aromatic N) is 3. The highest BCUT2D eigenvalue weighted by molar-refractivity contribution is 5.94. The Morgan fingerprint density at radius 1 is 1.13 bits per heavy atom. The average Bonchev–Trinajstić information content (AvgIpc) is 2.61. The van der Waals surface area contributed by atoms with Gasteiger partial charge < -0.3 is 20.3 Å². The average molecular weight is 312 g/mol. The topological polar surface area (TPSA) is 71.7 Å². The van der Waals surface area contributed by atoms with Gasteiger partial charge in [0.25, 0.3) is 5.91 Å². The molecule has 2 heterocycles. The number of piperazine rings is 1. The third kappa shape index (κ3) is 3.36. The Labute approximate surface area is 135 Å². The molecule has 0 bridgehead atoms. The van der Waals surface area contributed by atoms with E-state index in [4.69, 9.17) is 10.5 Å². The number of aromatic nitrogens is 1. The van der Waals surface area contributed by atoms with Gasteiger partial charge in [-0.3, -0.25) is 4.79 Å². The lowest BCUT2D eigenvalue weighted by Crippen LogP contribution is -2.48. The third-order valence-corrected chi connectivity index (χ3v) is 4.03. The molecule has 6 heteroatoms. The van der Waals surface area contributed by atoms with Crippen molar-refractivity contribution in [1.82, 2.24) is 9.88 Å². The van der Waals surface area contributed by atoms with Crippen molar-refractivity contribution in [3.63, 3.8) is 0 Å². The normalized spacial score (nSPS) is 14.7. The summed E-state index contributed by atoms with van der Waals surface area (Å²) in [5.74, 6) is 1.22. The maximum atomic E-state index is 12.5. The monoisotopic (exact) mass is 312 g/mol. The van der Waals surface area contributed by atoms with E-state index in [2.05, 4.69) is 9.88 Å². The number of nitrogen functional groups attached to an aromatic ring is 1. The summed E-state index contributed by atoms with van der Waals surface area (Å²) >= 11 is 0. The minimum absolute atomic E-state index is 0.00785. The van der Waals surface area contributed by atoms with E-state index in [0.717, 1.165) is 24.5 Å². The number of carbonyl (C=O) groups is 1. The maximum Gasteiger partial charge on any atom is 0.254 e. The molecule has 6 nitrogen and oxygen atoms in total. The van der Waals surface area contributed by atoms with Gasteiger partial charge in [0.1, 0.15) is 11.6 Å². The molecule has 1 saturated heterocycles. The number of anilines is 2. The predicted molar refractivity (Wildman–Crippen MR) is 89.8 cm³/mol. The van der Waals surface area contributed by atoms with Gasteiger partial charge in [0, 0.05) is 43.6 Å². The molecule has 0 spiro atoms. The van der Waals surface area contributed by atoms with Crippen LogP contribution >= 0.6 is 0 Å². The van der Waals surface area contributed by atoms with Gasteiger partial charge in [0.2, 0.25) is 0 Å². The van der Waals surface area contributed by atoms with Crippen molar-refractivity contribution >= 4 is 17.4 Å². The smallest absolute Gasteiger partial charge is 0.254 e. The highest BCUT2D eigenvalue weighted by atomic mass is 16.5. The number of pyridine rings is 1. The first kappa shape index (κ1) is 15.1. The van der Waals surface area contributed by atoms with Crippen molar-refractivity contribution in [3.8, 4) is 5.75 Å². The molecule has 0 aliphatic carbocycles. The fourth-order valence-electron chi connectivity index (χ4n) is 2.72. The van der Waals surface area contributed by atoms with E-state index in [1.165, 1.54) is 0 Å². The summed E-state index contributed by atoms with van der Waals surface area (Å²) < 4.78 is 5.18. The van der Waals surface area contributed by atoms with Crippen LogP contribution in [0.2, 0.25) is 0 Å². The first-order chi connectivity index (χ1) is 11.2. The Bertz CT molecular complexity index is 679. The number of amides is 1. The first-order valence-electron chi connectivity index (χ1n) is 7.57. The number of hydrogen-bond acceptors (Lipinski definition) is 5. The fourth-order valence-corrected chi connectivity index (χ4v) is 2.72. The second-order valence-corrected chi connectivity index (χ2v) is 5.45. The molecule has 1 aliphatic rings. The van der Waals surface area contributed by atoms with Gasteiger partial charge in [-0.05, 0) is 36.4 Å². The van der Waals surface area contributed by atoms with E-state index in [0.29, 0.717) is 24.5 Å². The lowest BCUT2D eigenvalue weighted by atomic mass is 10.2. The van der Waals surface area contributed by atoms with Crippen LogP contribution in [0.4, 0.5) is 11.5 Å². The summed E-state index contributed by atoms with van der Waals surface area (Å²) in [6.07, 6.45) is 1.57. The van der Waals surface area contributed by atoms with Crippen molar-refractivity contribution in [2.45, 2.75) is 0 Å². The molecule has 1 amide bonds. The summed E-state index contributed by atoms with van der Waals surface area (Å²) in [5.41, 5.74) is 7.38. The second kappa shape index (κ2) is 6.56. The molecule has 0 atom stereocenters. The zero-order valence-electron chi connectivity index (χ0n) is 13.1. The Hall–Kier alpha value is -2.76. The highest BCUT2D eigenvalue weighted by Gasteiger charge is 2.22. The zero-order valence-corrected chi connectivity index (χ0v) is 13.1. The fraction of sp³-hybridized carbons (Fsp3) is 0.294. The van der Waals surface area contributed by atoms with Crippen LogP contribution in [-0.2, 0) is 0 Å². The van der Waals surface area contributed by atoms with Gasteiger partial charge >= 0.3 is 0 Å². The molecule has 0 unspecified atom stereocenters. The van der Waals surface area contributed by atoms with E-state index >= 15 is 0 Å². The molecule has 1 aromatic heterocycles. The lowest BCUT2D eigenvalue weighted by molar-refractivity contribution is 0.0746. The molecule has 2 aromatic rings. The molecule has 1 aliphatic heterocycles. The van der Waals surface area contributed by atoms with Crippen LogP contribution < -0.4 is 15.4 Å². The van der Waals surface area contributed by atoms with E-state index in [1.807, 2.05) is 29.2 Å². The number of benzene rings is 1. The maximum absolute atomic E-state index is 12.5. The van der Waals surface area contributed by atoms with E-state index in [9.17, 15) is 4.79 Å². The summed E-state index contributed by atoms with van der Waals surface area (Å²) in [4.78, 5) is 20.5. The van der Waals surface area contributed by atoms with Crippen LogP contribution in [0.25, 0.3) is 0 Å². The van der Waals surface area contributed by atoms with Gasteiger partial charge in [0.15, 0.2) is 0 Å². The minimum Gasteiger partial charge on any atom is -0.497 e. The summed E-state index contributed by atoms with van der Waals surface area (Å²) in [6, 6.07) is 11.3. The van der Waals surface area contributed by atoms with Crippen LogP contribution in [0.15, 0.2) is 42.6 Å². The van der Waals surface area contributed by atoms with Crippen LogP contribution in [0.1, 0.15) is 10.4 Å². The van der Waals surface area contributed by atoms with Crippen molar-refractivity contribution in [3.05, 3.63) is 48.2 Å². The number of rotatable bonds is 3. The number of carbonyl (C=O) groups excluding carboxylic acids is 1. The highest BCUT2D eigenvalue weighted by Crippen LogP contribution is 2.21. The number of nitrogens with two attached hydrogens (primary N) is 1. The summed E-state index contributed by atoms with van der Waals surface area (Å²) in [5, 5.41) is 0. The van der Waals surface area contributed by atoms with Crippen LogP contribution in [0.3, 0.4) is 0 Å². The molecule has 1 aromatic carbocycles. The second-order valence-electron chi connectivity index (χ2n) is 5.45. The van der Waals surface area contributed by atoms with Crippen LogP contribution in [0.5, 0.6) is 5.75 Å². The molecule has 2 N–H and O–H groups in total. The standard InChI is InChI=1S/C17H20N4O2/c1-23-15-4-2-14(3-5-15)20-8-10-21(11-9-20)17(22)13-6-7-19-16(18)12-13/h2-7,12H,8-11H2,1H3,(H2,18,19). The van der Waals surface area contributed by atoms with Crippen molar-refractivity contribution in [2.75, 3.05) is 43.9 Å². The third-order valence-electron chi connectivity index (χ3n) is 4.03. The molecular weight excluding hydrogens is 292 g/mol. The molecule has 23 heavy (non-hydrogen) atoms. The summed E-state index contributed by atoms with van der Waals surface area (Å²) in [6.45, 7) is 2.98. The van der Waals surface area contributed by atoms with E-state index in [1.54, 1.807) is 25.4 Å². The summed E-state index contributed by atoms with van der Waals surface area (Å²) in [7, 11) is 1.66. The Morgan fingerprint density at radius 2 is 1.83 bits per heavy atom. The van der Waals surface area contributed by atoms with Gasteiger partial charge in [-0.1, -0.05) is 0 Å². The zero-order chi connectivity index (χ0) is 16.2. The Morgan fingerprint density at radius 3 is 2.43 bits per heavy atom. The van der Waals surface area contributed by atoms with Gasteiger partial charge in [-0.15, -0.1) is 0 Å². The minimum atomic E-state index is 0.00785. The van der Waals surface area contributed by atoms with Crippen molar-refractivity contribution < 1.29 is 9.53 Å². The lowest BCUT2D eigenvalue weighted by Gasteiger charge is -2.36. The van der Waals surface area contributed by atoms with Gasteiger partial charge in [-0.25, -0.2) is 4.98 Å². The molecular formula is C17H20N4O2. The van der Waals surface area contributed by atoms with Crippen LogP contribution in [0, 0.1) is 0 Å². The number of ether oxygens (including phenoxy) is 1. The number of methoxy groups -OCH3 is 1. The predicted octanol–water partition coefficient (Wildman–Crippen LogP) is 1.63. The largest absolute Gasteiger partial charge is 0.497 e. The van der Waals surface area contributed by atoms with Crippen molar-refractivity contribution in [1.29, 1.82) is 0 Å². The molecule has 120 valence electrons. The van der Waals surface area contributed by atoms with E-state index < -0.39 is 0 Å². The first-order valence-corrected chi connectivity index (χ1v) is 7.57. The Kier molecular flexibility index (Phi) is 4.32. The molecule has 0 radical (unpaired) electrons. The van der Waals surface area contributed by atoms with Crippen molar-refractivity contribution in [2.24, 2.45) is 0 Å². The van der Waals surface area contributed by atoms with Gasteiger partial charge in [-0.2, -0.15) is 0 Å². The molecule has 0 saturated carbocycles. The molecule has 1 fully saturated rings. The molecule has 3 rings (SSSR count). The van der Waals surface area contributed by atoms with Gasteiger partial charge in [0.05, 0.1) is 7.11 Å². The number of hydrogen-bond donors (Lipinski definition) is 1.